The molecular weight excluding hydrogens is 258 g/mol. The van der Waals surface area contributed by atoms with Gasteiger partial charge in [0.05, 0.1) is 5.69 Å². The molecule has 0 atom stereocenters. The lowest BCUT2D eigenvalue weighted by Gasteiger charge is -1.99. The SMILES string of the molecule is Cc1cnc(-c2noc(-c3ccc(O)c(N)c3)n2)nc1. The number of nitrogen functional groups attached to an aromatic ring is 1. The molecule has 0 bridgehead atoms. The van der Waals surface area contributed by atoms with Crippen LogP contribution in [0.1, 0.15) is 5.56 Å². The Morgan fingerprint density at radius 3 is 2.60 bits per heavy atom. The van der Waals surface area contributed by atoms with Gasteiger partial charge < -0.3 is 15.4 Å². The highest BCUT2D eigenvalue weighted by Crippen LogP contribution is 2.27. The number of nitrogens with two attached hydrogens (primary N) is 1. The van der Waals surface area contributed by atoms with Gasteiger partial charge in [-0.1, -0.05) is 5.16 Å². The van der Waals surface area contributed by atoms with Crippen LogP contribution in [0.5, 0.6) is 5.75 Å². The van der Waals surface area contributed by atoms with Gasteiger partial charge in [0.25, 0.3) is 5.89 Å². The zero-order chi connectivity index (χ0) is 14.1. The molecule has 0 spiro atoms. The van der Waals surface area contributed by atoms with Gasteiger partial charge in [0.2, 0.25) is 11.6 Å². The molecule has 0 fully saturated rings. The van der Waals surface area contributed by atoms with Crippen molar-refractivity contribution in [2.75, 3.05) is 5.73 Å². The van der Waals surface area contributed by atoms with Gasteiger partial charge in [0.1, 0.15) is 5.75 Å². The molecule has 100 valence electrons. The number of phenols is 1. The molecule has 0 saturated carbocycles. The molecule has 7 nitrogen and oxygen atoms in total. The van der Waals surface area contributed by atoms with Gasteiger partial charge in [-0.25, -0.2) is 9.97 Å². The molecule has 0 saturated heterocycles. The maximum atomic E-state index is 9.39. The Hall–Kier alpha value is -2.96. The minimum atomic E-state index is 0.00959. The van der Waals surface area contributed by atoms with Crippen LogP contribution in [-0.4, -0.2) is 25.2 Å². The fourth-order valence-electron chi connectivity index (χ4n) is 1.63. The van der Waals surface area contributed by atoms with Crippen LogP contribution >= 0.6 is 0 Å². The second-order valence-electron chi connectivity index (χ2n) is 4.28. The summed E-state index contributed by atoms with van der Waals surface area (Å²) in [6.07, 6.45) is 3.35. The first kappa shape index (κ1) is 12.1. The third-order valence-corrected chi connectivity index (χ3v) is 2.68. The topological polar surface area (TPSA) is 111 Å². The van der Waals surface area contributed by atoms with Crippen LogP contribution in [0.3, 0.4) is 0 Å². The molecule has 3 rings (SSSR count). The Morgan fingerprint density at radius 1 is 1.15 bits per heavy atom. The van der Waals surface area contributed by atoms with Gasteiger partial charge in [-0.3, -0.25) is 0 Å². The quantitative estimate of drug-likeness (QED) is 0.538. The summed E-state index contributed by atoms with van der Waals surface area (Å²) in [4.78, 5) is 12.5. The van der Waals surface area contributed by atoms with E-state index in [1.54, 1.807) is 24.5 Å². The van der Waals surface area contributed by atoms with Gasteiger partial charge in [-0.15, -0.1) is 0 Å². The van der Waals surface area contributed by atoms with Crippen molar-refractivity contribution in [1.82, 2.24) is 20.1 Å². The van der Waals surface area contributed by atoms with E-state index in [4.69, 9.17) is 10.3 Å². The van der Waals surface area contributed by atoms with E-state index in [2.05, 4.69) is 20.1 Å². The predicted octanol–water partition coefficient (Wildman–Crippen LogP) is 1.79. The smallest absolute Gasteiger partial charge is 0.258 e. The number of aryl methyl sites for hydroxylation is 1. The lowest BCUT2D eigenvalue weighted by molar-refractivity contribution is 0.431. The molecule has 0 aliphatic carbocycles. The zero-order valence-corrected chi connectivity index (χ0v) is 10.6. The van der Waals surface area contributed by atoms with Crippen molar-refractivity contribution in [1.29, 1.82) is 0 Å². The maximum absolute atomic E-state index is 9.39. The molecule has 0 amide bonds. The van der Waals surface area contributed by atoms with E-state index >= 15 is 0 Å². The van der Waals surface area contributed by atoms with Gasteiger partial charge in [0.15, 0.2) is 0 Å². The Kier molecular flexibility index (Phi) is 2.79. The number of phenolic OH excluding ortho intramolecular Hbond substituents is 1. The van der Waals surface area contributed by atoms with Crippen LogP contribution in [0.15, 0.2) is 35.1 Å². The summed E-state index contributed by atoms with van der Waals surface area (Å²) in [6, 6.07) is 4.67. The van der Waals surface area contributed by atoms with Crippen molar-refractivity contribution in [3.63, 3.8) is 0 Å². The number of aromatic hydroxyl groups is 1. The Labute approximate surface area is 114 Å². The van der Waals surface area contributed by atoms with Crippen molar-refractivity contribution in [2.45, 2.75) is 6.92 Å². The number of nitrogens with zero attached hydrogens (tertiary/aromatic N) is 4. The van der Waals surface area contributed by atoms with Crippen molar-refractivity contribution in [3.8, 4) is 28.9 Å². The van der Waals surface area contributed by atoms with Crippen molar-refractivity contribution in [2.24, 2.45) is 0 Å². The number of anilines is 1. The summed E-state index contributed by atoms with van der Waals surface area (Å²) < 4.78 is 5.15. The summed E-state index contributed by atoms with van der Waals surface area (Å²) in [5, 5.41) is 13.2. The normalized spacial score (nSPS) is 10.7. The third kappa shape index (κ3) is 2.16. The second kappa shape index (κ2) is 4.61. The van der Waals surface area contributed by atoms with Crippen LogP contribution in [0.2, 0.25) is 0 Å². The number of benzene rings is 1. The van der Waals surface area contributed by atoms with Gasteiger partial charge in [-0.2, -0.15) is 4.98 Å². The van der Waals surface area contributed by atoms with Crippen LogP contribution in [-0.2, 0) is 0 Å². The molecule has 1 aromatic carbocycles. The van der Waals surface area contributed by atoms with E-state index < -0.39 is 0 Å². The molecule has 3 aromatic rings. The Bertz CT molecular complexity index is 752. The highest BCUT2D eigenvalue weighted by atomic mass is 16.5. The summed E-state index contributed by atoms with van der Waals surface area (Å²) in [5.41, 5.74) is 7.44. The van der Waals surface area contributed by atoms with E-state index in [0.717, 1.165) is 5.56 Å². The molecular formula is C13H11N5O2. The zero-order valence-electron chi connectivity index (χ0n) is 10.6. The van der Waals surface area contributed by atoms with Crippen LogP contribution in [0.4, 0.5) is 5.69 Å². The number of rotatable bonds is 2. The first-order chi connectivity index (χ1) is 9.63. The number of aromatic nitrogens is 4. The highest BCUT2D eigenvalue weighted by Gasteiger charge is 2.13. The van der Waals surface area contributed by atoms with E-state index in [9.17, 15) is 5.11 Å². The maximum Gasteiger partial charge on any atom is 0.258 e. The number of hydrogen-bond donors (Lipinski definition) is 2. The molecule has 0 aliphatic rings. The number of hydrogen-bond acceptors (Lipinski definition) is 7. The molecule has 2 aromatic heterocycles. The first-order valence-electron chi connectivity index (χ1n) is 5.85. The fraction of sp³-hybridized carbons (Fsp3) is 0.0769. The van der Waals surface area contributed by atoms with E-state index in [-0.39, 0.29) is 17.3 Å². The monoisotopic (exact) mass is 269 g/mol. The average molecular weight is 269 g/mol. The van der Waals surface area contributed by atoms with Crippen molar-refractivity contribution >= 4 is 5.69 Å². The predicted molar refractivity (Wildman–Crippen MR) is 71.6 cm³/mol. The van der Waals surface area contributed by atoms with Crippen LogP contribution in [0.25, 0.3) is 23.1 Å². The third-order valence-electron chi connectivity index (χ3n) is 2.68. The van der Waals surface area contributed by atoms with Crippen LogP contribution in [0, 0.1) is 6.92 Å². The van der Waals surface area contributed by atoms with Crippen molar-refractivity contribution in [3.05, 3.63) is 36.2 Å². The summed E-state index contributed by atoms with van der Waals surface area (Å²) in [5.74, 6) is 0.982. The van der Waals surface area contributed by atoms with Gasteiger partial charge in [-0.05, 0) is 30.7 Å². The first-order valence-corrected chi connectivity index (χ1v) is 5.85. The summed E-state index contributed by atoms with van der Waals surface area (Å²) in [6.45, 7) is 1.89. The van der Waals surface area contributed by atoms with Gasteiger partial charge in [0, 0.05) is 18.0 Å². The minimum Gasteiger partial charge on any atom is -0.506 e. The highest BCUT2D eigenvalue weighted by molar-refractivity contribution is 5.65. The van der Waals surface area contributed by atoms with Crippen molar-refractivity contribution < 1.29 is 9.63 Å². The summed E-state index contributed by atoms with van der Waals surface area (Å²) >= 11 is 0. The molecule has 2 heterocycles. The lowest BCUT2D eigenvalue weighted by atomic mass is 10.2. The second-order valence-corrected chi connectivity index (χ2v) is 4.28. The molecule has 20 heavy (non-hydrogen) atoms. The van der Waals surface area contributed by atoms with Crippen LogP contribution < -0.4 is 5.73 Å². The molecule has 0 aliphatic heterocycles. The molecule has 0 unspecified atom stereocenters. The summed E-state index contributed by atoms with van der Waals surface area (Å²) in [7, 11) is 0. The minimum absolute atomic E-state index is 0.00959. The molecule has 7 heteroatoms. The standard InChI is InChI=1S/C13H11N5O2/c1-7-5-15-11(16-6-7)12-17-13(20-18-12)8-2-3-10(19)9(14)4-8/h2-6,19H,14H2,1H3. The van der Waals surface area contributed by atoms with E-state index in [1.165, 1.54) is 6.07 Å². The average Bonchev–Trinajstić information content (AvgIpc) is 2.92. The lowest BCUT2D eigenvalue weighted by Crippen LogP contribution is -1.91. The van der Waals surface area contributed by atoms with E-state index in [0.29, 0.717) is 17.2 Å². The Balaban J connectivity index is 1.97. The fourth-order valence-corrected chi connectivity index (χ4v) is 1.63. The molecule has 0 radical (unpaired) electrons. The van der Waals surface area contributed by atoms with Gasteiger partial charge >= 0.3 is 0 Å². The molecule has 3 N–H and O–H groups in total. The van der Waals surface area contributed by atoms with E-state index in [1.807, 2.05) is 6.92 Å². The largest absolute Gasteiger partial charge is 0.506 e. The Morgan fingerprint density at radius 2 is 1.90 bits per heavy atom.